The van der Waals surface area contributed by atoms with Gasteiger partial charge in [0.1, 0.15) is 5.82 Å². The van der Waals surface area contributed by atoms with Gasteiger partial charge in [-0.15, -0.1) is 12.4 Å². The summed E-state index contributed by atoms with van der Waals surface area (Å²) < 4.78 is 54.1. The van der Waals surface area contributed by atoms with Gasteiger partial charge in [-0.3, -0.25) is 4.79 Å². The van der Waals surface area contributed by atoms with Crippen molar-refractivity contribution in [3.63, 3.8) is 0 Å². The van der Waals surface area contributed by atoms with Gasteiger partial charge in [-0.2, -0.15) is 13.2 Å². The Bertz CT molecular complexity index is 1330. The van der Waals surface area contributed by atoms with Crippen LogP contribution in [0.5, 0.6) is 0 Å². The molecule has 200 valence electrons. The minimum absolute atomic E-state index is 0. The van der Waals surface area contributed by atoms with Gasteiger partial charge in [0.25, 0.3) is 0 Å². The second-order valence-electron chi connectivity index (χ2n) is 8.95. The van der Waals surface area contributed by atoms with E-state index in [0.717, 1.165) is 17.8 Å². The molecule has 1 unspecified atom stereocenters. The zero-order valence-corrected chi connectivity index (χ0v) is 20.9. The van der Waals surface area contributed by atoms with Crippen molar-refractivity contribution in [3.05, 3.63) is 89.7 Å². The molecular weight excluding hydrogens is 524 g/mol. The third-order valence-corrected chi connectivity index (χ3v) is 6.62. The van der Waals surface area contributed by atoms with E-state index >= 15 is 0 Å². The third kappa shape index (κ3) is 5.55. The number of halogens is 5. The molecular formula is C27H25ClF4N4O2. The number of fused-ring (bicyclic) bond motifs is 1. The molecule has 1 saturated heterocycles. The number of hydrogen-bond acceptors (Lipinski definition) is 5. The molecule has 11 heteroatoms. The third-order valence-electron chi connectivity index (χ3n) is 6.62. The van der Waals surface area contributed by atoms with Crippen LogP contribution in [0, 0.1) is 5.82 Å². The first-order valence-corrected chi connectivity index (χ1v) is 11.8. The Morgan fingerprint density at radius 3 is 2.21 bits per heavy atom. The van der Waals surface area contributed by atoms with Crippen molar-refractivity contribution >= 4 is 41.4 Å². The van der Waals surface area contributed by atoms with Gasteiger partial charge >= 0.3 is 12.1 Å². The van der Waals surface area contributed by atoms with Crippen LogP contribution in [-0.4, -0.2) is 48.1 Å². The Hall–Kier alpha value is -3.79. The lowest BCUT2D eigenvalue weighted by molar-refractivity contribution is -0.138. The highest BCUT2D eigenvalue weighted by Crippen LogP contribution is 2.42. The van der Waals surface area contributed by atoms with Crippen molar-refractivity contribution in [2.75, 3.05) is 36.0 Å². The maximum atomic E-state index is 13.6. The summed E-state index contributed by atoms with van der Waals surface area (Å²) in [7, 11) is 0. The van der Waals surface area contributed by atoms with E-state index < -0.39 is 23.8 Å². The average Bonchev–Trinajstić information content (AvgIpc) is 2.88. The van der Waals surface area contributed by atoms with E-state index in [4.69, 9.17) is 4.99 Å². The Balaban J connectivity index is 0.00000336. The van der Waals surface area contributed by atoms with E-state index in [-0.39, 0.29) is 30.3 Å². The number of para-hydroxylation sites is 1. The van der Waals surface area contributed by atoms with Crippen LogP contribution in [0.25, 0.3) is 0 Å². The molecule has 2 heterocycles. The second-order valence-corrected chi connectivity index (χ2v) is 8.95. The number of rotatable bonds is 4. The average molecular weight is 549 g/mol. The summed E-state index contributed by atoms with van der Waals surface area (Å²) in [4.78, 5) is 22.4. The molecule has 0 aromatic heterocycles. The Kier molecular flexibility index (Phi) is 7.82. The zero-order chi connectivity index (χ0) is 26.2. The molecule has 38 heavy (non-hydrogen) atoms. The molecule has 3 aromatic rings. The van der Waals surface area contributed by atoms with Crippen LogP contribution in [0.4, 0.5) is 34.6 Å². The predicted octanol–water partition coefficient (Wildman–Crippen LogP) is 6.11. The minimum Gasteiger partial charge on any atom is -0.481 e. The summed E-state index contributed by atoms with van der Waals surface area (Å²) >= 11 is 0. The van der Waals surface area contributed by atoms with Crippen LogP contribution in [-0.2, 0) is 11.0 Å². The quantitative estimate of drug-likeness (QED) is 0.399. The number of carboxylic acid groups (broad SMARTS) is 1. The van der Waals surface area contributed by atoms with Gasteiger partial charge in [0.15, 0.2) is 0 Å². The molecule has 6 nitrogen and oxygen atoms in total. The fourth-order valence-corrected chi connectivity index (χ4v) is 4.84. The highest BCUT2D eigenvalue weighted by Gasteiger charge is 2.38. The van der Waals surface area contributed by atoms with Crippen LogP contribution in [0.2, 0.25) is 0 Å². The number of alkyl halides is 3. The molecule has 0 radical (unpaired) electrons. The van der Waals surface area contributed by atoms with Gasteiger partial charge in [0.2, 0.25) is 5.96 Å². The molecule has 2 aliphatic heterocycles. The van der Waals surface area contributed by atoms with E-state index in [1.807, 2.05) is 4.90 Å². The Morgan fingerprint density at radius 2 is 1.55 bits per heavy atom. The van der Waals surface area contributed by atoms with Gasteiger partial charge in [0.05, 0.1) is 23.7 Å². The molecule has 0 amide bonds. The molecule has 5 rings (SSSR count). The van der Waals surface area contributed by atoms with Crippen LogP contribution in [0.3, 0.4) is 0 Å². The lowest BCUT2D eigenvalue weighted by Gasteiger charge is -2.45. The molecule has 0 spiro atoms. The summed E-state index contributed by atoms with van der Waals surface area (Å²) in [5.41, 5.74) is 1.49. The summed E-state index contributed by atoms with van der Waals surface area (Å²) in [5, 5.41) is 9.72. The fraction of sp³-hybridized carbons (Fsp3) is 0.259. The standard InChI is InChI=1S/C27H24F4N4O2.ClH/c28-19-8-10-20(11-9-19)33-12-14-34(15-13-33)26-32-23-7-2-1-6-22(23)24(17-25(36)37)35(26)21-5-3-4-18(16-21)27(29,30)31;/h1-11,16,24H,12-15,17H2,(H,36,37);1H. The van der Waals surface area contributed by atoms with E-state index in [9.17, 15) is 27.5 Å². The first kappa shape index (κ1) is 27.3. The highest BCUT2D eigenvalue weighted by molar-refractivity contribution is 6.01. The molecule has 1 fully saturated rings. The number of guanidine groups is 1. The van der Waals surface area contributed by atoms with Gasteiger partial charge in [-0.25, -0.2) is 9.38 Å². The molecule has 3 aromatic carbocycles. The molecule has 1 N–H and O–H groups in total. The van der Waals surface area contributed by atoms with Crippen molar-refractivity contribution in [1.29, 1.82) is 0 Å². The number of anilines is 2. The van der Waals surface area contributed by atoms with Crippen molar-refractivity contribution in [2.45, 2.75) is 18.6 Å². The topological polar surface area (TPSA) is 59.4 Å². The zero-order valence-electron chi connectivity index (χ0n) is 20.1. The number of aliphatic carboxylic acids is 1. The van der Waals surface area contributed by atoms with Crippen molar-refractivity contribution in [1.82, 2.24) is 4.90 Å². The second kappa shape index (κ2) is 10.9. The van der Waals surface area contributed by atoms with Crippen molar-refractivity contribution in [2.24, 2.45) is 4.99 Å². The Morgan fingerprint density at radius 1 is 0.895 bits per heavy atom. The van der Waals surface area contributed by atoms with Crippen LogP contribution in [0.15, 0.2) is 77.8 Å². The number of carboxylic acids is 1. The van der Waals surface area contributed by atoms with Crippen LogP contribution >= 0.6 is 12.4 Å². The molecule has 0 bridgehead atoms. The summed E-state index contributed by atoms with van der Waals surface area (Å²) in [6.45, 7) is 2.14. The smallest absolute Gasteiger partial charge is 0.416 e. The number of aliphatic imine (C=N–C) groups is 1. The van der Waals surface area contributed by atoms with E-state index in [2.05, 4.69) is 4.90 Å². The van der Waals surface area contributed by atoms with Gasteiger partial charge in [0, 0.05) is 43.1 Å². The maximum absolute atomic E-state index is 13.6. The lowest BCUT2D eigenvalue weighted by atomic mass is 9.97. The van der Waals surface area contributed by atoms with Gasteiger partial charge in [-0.05, 0) is 48.5 Å². The number of nitrogens with zero attached hydrogens (tertiary/aromatic N) is 4. The molecule has 0 saturated carbocycles. The SMILES string of the molecule is Cl.O=C(O)CC1c2ccccc2N=C(N2CCN(c3ccc(F)cc3)CC2)N1c1cccc(C(F)(F)F)c1. The van der Waals surface area contributed by atoms with Gasteiger partial charge < -0.3 is 19.8 Å². The molecule has 0 aliphatic carbocycles. The normalized spacial score (nSPS) is 17.4. The first-order chi connectivity index (χ1) is 17.7. The van der Waals surface area contributed by atoms with E-state index in [1.54, 1.807) is 47.4 Å². The minimum atomic E-state index is -4.55. The number of benzene rings is 3. The monoisotopic (exact) mass is 548 g/mol. The fourth-order valence-electron chi connectivity index (χ4n) is 4.84. The molecule has 2 aliphatic rings. The summed E-state index contributed by atoms with van der Waals surface area (Å²) in [6.07, 6.45) is -4.87. The Labute approximate surface area is 223 Å². The van der Waals surface area contributed by atoms with Crippen molar-refractivity contribution in [3.8, 4) is 0 Å². The number of piperazine rings is 1. The number of hydrogen-bond donors (Lipinski definition) is 1. The number of carbonyl (C=O) groups is 1. The van der Waals surface area contributed by atoms with Crippen LogP contribution < -0.4 is 9.80 Å². The molecule has 1 atom stereocenters. The van der Waals surface area contributed by atoms with Crippen LogP contribution in [0.1, 0.15) is 23.6 Å². The van der Waals surface area contributed by atoms with Crippen molar-refractivity contribution < 1.29 is 27.5 Å². The highest BCUT2D eigenvalue weighted by atomic mass is 35.5. The lowest BCUT2D eigenvalue weighted by Crippen LogP contribution is -2.55. The largest absolute Gasteiger partial charge is 0.481 e. The first-order valence-electron chi connectivity index (χ1n) is 11.8. The summed E-state index contributed by atoms with van der Waals surface area (Å²) in [5.74, 6) is -0.985. The summed E-state index contributed by atoms with van der Waals surface area (Å²) in [6, 6.07) is 17.4. The van der Waals surface area contributed by atoms with E-state index in [1.165, 1.54) is 18.2 Å². The van der Waals surface area contributed by atoms with Gasteiger partial charge in [-0.1, -0.05) is 24.3 Å². The van der Waals surface area contributed by atoms with E-state index in [0.29, 0.717) is 43.4 Å². The maximum Gasteiger partial charge on any atom is 0.416 e. The predicted molar refractivity (Wildman–Crippen MR) is 140 cm³/mol.